The van der Waals surface area contributed by atoms with E-state index in [1.54, 1.807) is 12.3 Å². The van der Waals surface area contributed by atoms with Gasteiger partial charge in [-0.1, -0.05) is 0 Å². The van der Waals surface area contributed by atoms with Gasteiger partial charge in [-0.2, -0.15) is 13.2 Å². The molecule has 1 rings (SSSR count). The molecule has 0 radical (unpaired) electrons. The van der Waals surface area contributed by atoms with Gasteiger partial charge < -0.3 is 10.6 Å². The summed E-state index contributed by atoms with van der Waals surface area (Å²) in [5.74, 6) is -0.425. The number of halogens is 3. The van der Waals surface area contributed by atoms with Gasteiger partial charge in [0.1, 0.15) is 0 Å². The maximum atomic E-state index is 11.9. The molecule has 7 heteroatoms. The standard InChI is InChI=1S/C12H16F3N3O/c1-2-17-10-4-7-16-8-9(10)11(19)18-6-3-5-12(13,14)15/h4,7-8H,2-3,5-6H2,1H3,(H,16,17)(H,18,19). The summed E-state index contributed by atoms with van der Waals surface area (Å²) in [6, 6.07) is 1.65. The molecule has 0 aliphatic rings. The fourth-order valence-electron chi connectivity index (χ4n) is 1.51. The van der Waals surface area contributed by atoms with E-state index >= 15 is 0 Å². The molecule has 0 aromatic carbocycles. The van der Waals surface area contributed by atoms with E-state index < -0.39 is 18.5 Å². The second-order valence-corrected chi connectivity index (χ2v) is 3.93. The molecule has 106 valence electrons. The fourth-order valence-corrected chi connectivity index (χ4v) is 1.51. The van der Waals surface area contributed by atoms with Crippen molar-refractivity contribution in [1.29, 1.82) is 0 Å². The number of carbonyl (C=O) groups excluding carboxylic acids is 1. The average Bonchev–Trinajstić information content (AvgIpc) is 2.34. The number of alkyl halides is 3. The molecule has 4 nitrogen and oxygen atoms in total. The Bertz CT molecular complexity index is 421. The van der Waals surface area contributed by atoms with E-state index in [4.69, 9.17) is 0 Å². The number of aromatic nitrogens is 1. The zero-order valence-corrected chi connectivity index (χ0v) is 10.5. The highest BCUT2D eigenvalue weighted by molar-refractivity contribution is 5.99. The van der Waals surface area contributed by atoms with E-state index in [2.05, 4.69) is 15.6 Å². The summed E-state index contributed by atoms with van der Waals surface area (Å²) in [5, 5.41) is 5.44. The number of rotatable bonds is 6. The lowest BCUT2D eigenvalue weighted by Crippen LogP contribution is -2.26. The van der Waals surface area contributed by atoms with Gasteiger partial charge in [-0.05, 0) is 19.4 Å². The highest BCUT2D eigenvalue weighted by atomic mass is 19.4. The van der Waals surface area contributed by atoms with E-state index in [-0.39, 0.29) is 13.0 Å². The number of anilines is 1. The van der Waals surface area contributed by atoms with E-state index in [1.807, 2.05) is 6.92 Å². The van der Waals surface area contributed by atoms with Crippen LogP contribution in [-0.2, 0) is 0 Å². The number of nitrogens with one attached hydrogen (secondary N) is 2. The molecule has 0 atom stereocenters. The highest BCUT2D eigenvalue weighted by Gasteiger charge is 2.26. The molecule has 0 aliphatic carbocycles. The molecule has 1 amide bonds. The first-order valence-electron chi connectivity index (χ1n) is 5.97. The SMILES string of the molecule is CCNc1ccncc1C(=O)NCCCC(F)(F)F. The second-order valence-electron chi connectivity index (χ2n) is 3.93. The largest absolute Gasteiger partial charge is 0.389 e. The third-order valence-corrected chi connectivity index (χ3v) is 2.36. The summed E-state index contributed by atoms with van der Waals surface area (Å²) in [6.07, 6.45) is -2.30. The van der Waals surface area contributed by atoms with Crippen molar-refractivity contribution in [3.05, 3.63) is 24.0 Å². The number of pyridine rings is 1. The molecule has 0 aliphatic heterocycles. The zero-order valence-electron chi connectivity index (χ0n) is 10.5. The van der Waals surface area contributed by atoms with Crippen LogP contribution in [0.4, 0.5) is 18.9 Å². The van der Waals surface area contributed by atoms with Crippen molar-refractivity contribution in [1.82, 2.24) is 10.3 Å². The molecule has 0 unspecified atom stereocenters. The molecule has 0 fully saturated rings. The summed E-state index contributed by atoms with van der Waals surface area (Å²) in [7, 11) is 0. The Hall–Kier alpha value is -1.79. The predicted octanol–water partition coefficient (Wildman–Crippen LogP) is 2.59. The van der Waals surface area contributed by atoms with Crippen molar-refractivity contribution in [3.8, 4) is 0 Å². The maximum Gasteiger partial charge on any atom is 0.389 e. The molecule has 1 aromatic rings. The molecule has 1 heterocycles. The molecule has 19 heavy (non-hydrogen) atoms. The van der Waals surface area contributed by atoms with Crippen LogP contribution in [0.5, 0.6) is 0 Å². The Labute approximate surface area is 109 Å². The van der Waals surface area contributed by atoms with Crippen LogP contribution < -0.4 is 10.6 Å². The van der Waals surface area contributed by atoms with Gasteiger partial charge in [0.05, 0.1) is 11.3 Å². The minimum absolute atomic E-state index is 0.0151. The highest BCUT2D eigenvalue weighted by Crippen LogP contribution is 2.20. The monoisotopic (exact) mass is 275 g/mol. The van der Waals surface area contributed by atoms with Gasteiger partial charge in [-0.25, -0.2) is 0 Å². The van der Waals surface area contributed by atoms with Gasteiger partial charge in [-0.15, -0.1) is 0 Å². The Balaban J connectivity index is 2.49. The lowest BCUT2D eigenvalue weighted by molar-refractivity contribution is -0.135. The van der Waals surface area contributed by atoms with Crippen LogP contribution in [0.25, 0.3) is 0 Å². The Morgan fingerprint density at radius 1 is 1.42 bits per heavy atom. The average molecular weight is 275 g/mol. The normalized spacial score (nSPS) is 11.2. The smallest absolute Gasteiger partial charge is 0.385 e. The van der Waals surface area contributed by atoms with Crippen molar-refractivity contribution in [2.24, 2.45) is 0 Å². The number of hydrogen-bond donors (Lipinski definition) is 2. The number of nitrogens with zero attached hydrogens (tertiary/aromatic N) is 1. The summed E-state index contributed by atoms with van der Waals surface area (Å²) >= 11 is 0. The first-order chi connectivity index (χ1) is 8.94. The van der Waals surface area contributed by atoms with Crippen LogP contribution in [-0.4, -0.2) is 30.2 Å². The molecule has 0 spiro atoms. The summed E-state index contributed by atoms with van der Waals surface area (Å²) in [6.45, 7) is 2.50. The van der Waals surface area contributed by atoms with E-state index in [0.29, 0.717) is 17.8 Å². The van der Waals surface area contributed by atoms with Crippen LogP contribution in [0, 0.1) is 0 Å². The van der Waals surface area contributed by atoms with Gasteiger partial charge in [0.25, 0.3) is 5.91 Å². The van der Waals surface area contributed by atoms with Gasteiger partial charge >= 0.3 is 6.18 Å². The van der Waals surface area contributed by atoms with Crippen molar-refractivity contribution >= 4 is 11.6 Å². The lowest BCUT2D eigenvalue weighted by Gasteiger charge is -2.11. The van der Waals surface area contributed by atoms with E-state index in [9.17, 15) is 18.0 Å². The van der Waals surface area contributed by atoms with Crippen molar-refractivity contribution in [2.75, 3.05) is 18.4 Å². The number of hydrogen-bond acceptors (Lipinski definition) is 3. The quantitative estimate of drug-likeness (QED) is 0.785. The summed E-state index contributed by atoms with van der Waals surface area (Å²) in [4.78, 5) is 15.6. The first-order valence-corrected chi connectivity index (χ1v) is 5.97. The Morgan fingerprint density at radius 2 is 2.16 bits per heavy atom. The third kappa shape index (κ3) is 5.58. The minimum Gasteiger partial charge on any atom is -0.385 e. The Morgan fingerprint density at radius 3 is 2.79 bits per heavy atom. The molecular weight excluding hydrogens is 259 g/mol. The number of carbonyl (C=O) groups is 1. The molecular formula is C12H16F3N3O. The second kappa shape index (κ2) is 6.96. The van der Waals surface area contributed by atoms with Crippen LogP contribution >= 0.6 is 0 Å². The lowest BCUT2D eigenvalue weighted by atomic mass is 10.2. The van der Waals surface area contributed by atoms with Crippen molar-refractivity contribution in [3.63, 3.8) is 0 Å². The zero-order chi connectivity index (χ0) is 14.3. The summed E-state index contributed by atoms with van der Waals surface area (Å²) in [5.41, 5.74) is 0.946. The molecule has 0 bridgehead atoms. The fraction of sp³-hybridized carbons (Fsp3) is 0.500. The van der Waals surface area contributed by atoms with Crippen molar-refractivity contribution in [2.45, 2.75) is 25.9 Å². The third-order valence-electron chi connectivity index (χ3n) is 2.36. The van der Waals surface area contributed by atoms with E-state index in [0.717, 1.165) is 0 Å². The van der Waals surface area contributed by atoms with Crippen LogP contribution in [0.2, 0.25) is 0 Å². The van der Waals surface area contributed by atoms with Gasteiger partial charge in [0, 0.05) is 31.9 Å². The molecule has 1 aromatic heterocycles. The first kappa shape index (κ1) is 15.3. The Kier molecular flexibility index (Phi) is 5.59. The molecule has 0 saturated heterocycles. The van der Waals surface area contributed by atoms with Gasteiger partial charge in [0.15, 0.2) is 0 Å². The molecule has 0 saturated carbocycles. The van der Waals surface area contributed by atoms with E-state index in [1.165, 1.54) is 6.20 Å². The summed E-state index contributed by atoms with van der Waals surface area (Å²) < 4.78 is 35.8. The predicted molar refractivity (Wildman–Crippen MR) is 66.0 cm³/mol. The number of amides is 1. The van der Waals surface area contributed by atoms with Crippen LogP contribution in [0.1, 0.15) is 30.1 Å². The van der Waals surface area contributed by atoms with Gasteiger partial charge in [-0.3, -0.25) is 9.78 Å². The maximum absolute atomic E-state index is 11.9. The molecule has 2 N–H and O–H groups in total. The van der Waals surface area contributed by atoms with Crippen LogP contribution in [0.3, 0.4) is 0 Å². The van der Waals surface area contributed by atoms with Crippen molar-refractivity contribution < 1.29 is 18.0 Å². The van der Waals surface area contributed by atoms with Crippen LogP contribution in [0.15, 0.2) is 18.5 Å². The minimum atomic E-state index is -4.19. The van der Waals surface area contributed by atoms with Gasteiger partial charge in [0.2, 0.25) is 0 Å². The topological polar surface area (TPSA) is 54.0 Å².